The van der Waals surface area contributed by atoms with Gasteiger partial charge in [-0.05, 0) is 56.5 Å². The first-order valence-corrected chi connectivity index (χ1v) is 11.0. The van der Waals surface area contributed by atoms with E-state index in [0.717, 1.165) is 36.2 Å². The fourth-order valence-electron chi connectivity index (χ4n) is 5.45. The van der Waals surface area contributed by atoms with E-state index in [9.17, 15) is 18.0 Å². The van der Waals surface area contributed by atoms with Gasteiger partial charge >= 0.3 is 6.18 Å². The van der Waals surface area contributed by atoms with Crippen LogP contribution in [0.1, 0.15) is 54.9 Å². The summed E-state index contributed by atoms with van der Waals surface area (Å²) < 4.78 is 42.5. The number of carbonyl (C=O) groups is 1. The van der Waals surface area contributed by atoms with Crippen LogP contribution in [0, 0.1) is 25.2 Å². The Labute approximate surface area is 189 Å². The zero-order valence-corrected chi connectivity index (χ0v) is 18.6. The SMILES string of the molecule is Cc1cccc(-n2cnnc2[C@@H]2[C@H]3CCC[C@@]3(C)C(=O)N2c2cc(C(F)(F)F)cc(C)n2)c1. The van der Waals surface area contributed by atoms with Crippen LogP contribution < -0.4 is 4.90 Å². The lowest BCUT2D eigenvalue weighted by Gasteiger charge is -2.27. The minimum atomic E-state index is -4.54. The van der Waals surface area contributed by atoms with Gasteiger partial charge in [0.25, 0.3) is 0 Å². The Morgan fingerprint density at radius 3 is 2.67 bits per heavy atom. The first-order valence-electron chi connectivity index (χ1n) is 11.0. The molecule has 2 aliphatic rings. The van der Waals surface area contributed by atoms with E-state index in [-0.39, 0.29) is 23.3 Å². The molecule has 1 aliphatic heterocycles. The molecule has 1 amide bonds. The lowest BCUT2D eigenvalue weighted by atomic mass is 9.79. The highest BCUT2D eigenvalue weighted by Crippen LogP contribution is 2.58. The van der Waals surface area contributed by atoms with Gasteiger partial charge in [0.15, 0.2) is 5.82 Å². The number of aryl methyl sites for hydroxylation is 2. The summed E-state index contributed by atoms with van der Waals surface area (Å²) in [6.07, 6.45) is -0.614. The molecule has 1 saturated carbocycles. The summed E-state index contributed by atoms with van der Waals surface area (Å²) in [6.45, 7) is 5.39. The first-order chi connectivity index (χ1) is 15.6. The van der Waals surface area contributed by atoms with E-state index < -0.39 is 23.2 Å². The highest BCUT2D eigenvalue weighted by Gasteiger charge is 2.60. The Morgan fingerprint density at radius 2 is 1.94 bits per heavy atom. The number of anilines is 1. The number of rotatable bonds is 3. The normalized spacial score (nSPS) is 25.0. The second-order valence-corrected chi connectivity index (χ2v) is 9.29. The van der Waals surface area contributed by atoms with Crippen molar-refractivity contribution in [3.8, 4) is 5.69 Å². The number of hydrogen-bond donors (Lipinski definition) is 0. The summed E-state index contributed by atoms with van der Waals surface area (Å²) in [6, 6.07) is 9.19. The van der Waals surface area contributed by atoms with Gasteiger partial charge in [-0.1, -0.05) is 25.5 Å². The van der Waals surface area contributed by atoms with E-state index in [2.05, 4.69) is 15.2 Å². The summed E-state index contributed by atoms with van der Waals surface area (Å²) in [7, 11) is 0. The van der Waals surface area contributed by atoms with Crippen LogP contribution in [-0.4, -0.2) is 25.7 Å². The molecule has 2 aromatic heterocycles. The molecule has 6 nitrogen and oxygen atoms in total. The molecule has 1 saturated heterocycles. The number of benzene rings is 1. The van der Waals surface area contributed by atoms with Gasteiger partial charge in [0.1, 0.15) is 18.2 Å². The monoisotopic (exact) mass is 455 g/mol. The van der Waals surface area contributed by atoms with Crippen molar-refractivity contribution in [1.82, 2.24) is 19.7 Å². The van der Waals surface area contributed by atoms with Gasteiger partial charge in [-0.15, -0.1) is 10.2 Å². The molecular formula is C24H24F3N5O. The van der Waals surface area contributed by atoms with Crippen molar-refractivity contribution in [3.63, 3.8) is 0 Å². The van der Waals surface area contributed by atoms with Crippen molar-refractivity contribution >= 4 is 11.7 Å². The Bertz CT molecular complexity index is 1240. The quantitative estimate of drug-likeness (QED) is 0.545. The molecule has 172 valence electrons. The van der Waals surface area contributed by atoms with E-state index in [1.54, 1.807) is 6.33 Å². The maximum absolute atomic E-state index is 13.7. The third kappa shape index (κ3) is 3.41. The number of nitrogens with zero attached hydrogens (tertiary/aromatic N) is 5. The molecule has 0 radical (unpaired) electrons. The number of halogens is 3. The smallest absolute Gasteiger partial charge is 0.285 e. The molecule has 3 atom stereocenters. The summed E-state index contributed by atoms with van der Waals surface area (Å²) >= 11 is 0. The van der Waals surface area contributed by atoms with Crippen molar-refractivity contribution in [2.45, 2.75) is 52.3 Å². The largest absolute Gasteiger partial charge is 0.416 e. The van der Waals surface area contributed by atoms with Gasteiger partial charge in [-0.2, -0.15) is 13.2 Å². The van der Waals surface area contributed by atoms with Crippen LogP contribution in [0.4, 0.5) is 19.0 Å². The number of amides is 1. The molecule has 5 rings (SSSR count). The number of alkyl halides is 3. The number of hydrogen-bond acceptors (Lipinski definition) is 4. The van der Waals surface area contributed by atoms with E-state index in [0.29, 0.717) is 12.2 Å². The van der Waals surface area contributed by atoms with Crippen LogP contribution >= 0.6 is 0 Å². The summed E-state index contributed by atoms with van der Waals surface area (Å²) in [5.41, 5.74) is 0.583. The Morgan fingerprint density at radius 1 is 1.15 bits per heavy atom. The van der Waals surface area contributed by atoms with Gasteiger partial charge in [0.05, 0.1) is 11.0 Å². The highest BCUT2D eigenvalue weighted by atomic mass is 19.4. The number of fused-ring (bicyclic) bond motifs is 1. The maximum Gasteiger partial charge on any atom is 0.416 e. The van der Waals surface area contributed by atoms with Crippen LogP contribution in [-0.2, 0) is 11.0 Å². The molecule has 9 heteroatoms. The van der Waals surface area contributed by atoms with Crippen molar-refractivity contribution in [2.24, 2.45) is 11.3 Å². The van der Waals surface area contributed by atoms with Crippen molar-refractivity contribution < 1.29 is 18.0 Å². The molecule has 0 N–H and O–H groups in total. The van der Waals surface area contributed by atoms with Crippen LogP contribution in [0.15, 0.2) is 42.7 Å². The topological polar surface area (TPSA) is 63.9 Å². The highest BCUT2D eigenvalue weighted by molar-refractivity contribution is 6.00. The zero-order chi connectivity index (χ0) is 23.5. The Kier molecular flexibility index (Phi) is 4.84. The van der Waals surface area contributed by atoms with Gasteiger partial charge in [0.2, 0.25) is 5.91 Å². The molecular weight excluding hydrogens is 431 g/mol. The third-order valence-corrected chi connectivity index (χ3v) is 7.03. The zero-order valence-electron chi connectivity index (χ0n) is 18.6. The third-order valence-electron chi connectivity index (χ3n) is 7.03. The van der Waals surface area contributed by atoms with Gasteiger partial charge in [-0.25, -0.2) is 4.98 Å². The second kappa shape index (κ2) is 7.40. The molecule has 3 heterocycles. The minimum Gasteiger partial charge on any atom is -0.285 e. The lowest BCUT2D eigenvalue weighted by molar-refractivity contribution is -0.137. The minimum absolute atomic E-state index is 0.00624. The van der Waals surface area contributed by atoms with E-state index in [1.165, 1.54) is 11.8 Å². The van der Waals surface area contributed by atoms with E-state index in [1.807, 2.05) is 42.7 Å². The average Bonchev–Trinajstić information content (AvgIpc) is 3.42. The van der Waals surface area contributed by atoms with Crippen LogP contribution in [0.25, 0.3) is 5.69 Å². The van der Waals surface area contributed by atoms with Crippen molar-refractivity contribution in [1.29, 1.82) is 0 Å². The lowest BCUT2D eigenvalue weighted by Crippen LogP contribution is -2.35. The molecule has 1 aliphatic carbocycles. The van der Waals surface area contributed by atoms with Crippen molar-refractivity contribution in [2.75, 3.05) is 4.90 Å². The molecule has 0 unspecified atom stereocenters. The summed E-state index contributed by atoms with van der Waals surface area (Å²) in [5, 5.41) is 8.48. The van der Waals surface area contributed by atoms with Crippen molar-refractivity contribution in [3.05, 3.63) is 65.4 Å². The maximum atomic E-state index is 13.7. The molecule has 0 bridgehead atoms. The Balaban J connectivity index is 1.69. The summed E-state index contributed by atoms with van der Waals surface area (Å²) in [5.74, 6) is 0.225. The van der Waals surface area contributed by atoms with Crippen LogP contribution in [0.3, 0.4) is 0 Å². The van der Waals surface area contributed by atoms with Crippen LogP contribution in [0.2, 0.25) is 0 Å². The second-order valence-electron chi connectivity index (χ2n) is 9.29. The van der Waals surface area contributed by atoms with Crippen LogP contribution in [0.5, 0.6) is 0 Å². The number of aromatic nitrogens is 4. The Hall–Kier alpha value is -3.23. The van der Waals surface area contributed by atoms with Gasteiger partial charge in [-0.3, -0.25) is 14.3 Å². The molecule has 0 spiro atoms. The standard InChI is InChI=1S/C24H24F3N5O/c1-14-6-4-7-17(10-14)31-13-28-30-21(31)20-18-8-5-9-23(18,3)22(33)32(20)19-12-16(24(25,26)27)11-15(2)29-19/h4,6-7,10-13,18,20H,5,8-9H2,1-3H3/t18-,20+,23-/m1/s1. The van der Waals surface area contributed by atoms with Gasteiger partial charge < -0.3 is 0 Å². The van der Waals surface area contributed by atoms with Gasteiger partial charge in [0, 0.05) is 17.3 Å². The predicted octanol–water partition coefficient (Wildman–Crippen LogP) is 5.19. The summed E-state index contributed by atoms with van der Waals surface area (Å²) in [4.78, 5) is 19.5. The fourth-order valence-corrected chi connectivity index (χ4v) is 5.45. The molecule has 1 aromatic carbocycles. The number of pyridine rings is 1. The molecule has 33 heavy (non-hydrogen) atoms. The predicted molar refractivity (Wildman–Crippen MR) is 116 cm³/mol. The average molecular weight is 455 g/mol. The van der Waals surface area contributed by atoms with E-state index >= 15 is 0 Å². The molecule has 2 fully saturated rings. The fraction of sp³-hybridized carbons (Fsp3) is 0.417. The number of carbonyl (C=O) groups excluding carboxylic acids is 1. The molecule has 3 aromatic rings. The van der Waals surface area contributed by atoms with E-state index in [4.69, 9.17) is 0 Å². The first kappa shape index (κ1) is 21.6.